The molecule has 0 saturated carbocycles. The summed E-state index contributed by atoms with van der Waals surface area (Å²) in [5, 5.41) is 3.32. The SMILES string of the molecule is O=c1ccc(Br)cn1CCCNc1ccccc1. The maximum absolute atomic E-state index is 11.6. The lowest BCUT2D eigenvalue weighted by Gasteiger charge is -2.08. The zero-order valence-corrected chi connectivity index (χ0v) is 11.6. The second-order valence-electron chi connectivity index (χ2n) is 4.03. The summed E-state index contributed by atoms with van der Waals surface area (Å²) in [5.41, 5.74) is 1.15. The van der Waals surface area contributed by atoms with Gasteiger partial charge in [0, 0.05) is 35.5 Å². The number of hydrogen-bond acceptors (Lipinski definition) is 2. The van der Waals surface area contributed by atoms with Crippen LogP contribution in [0.5, 0.6) is 0 Å². The highest BCUT2D eigenvalue weighted by molar-refractivity contribution is 9.10. The van der Waals surface area contributed by atoms with E-state index in [1.807, 2.05) is 36.5 Å². The Hall–Kier alpha value is -1.55. The van der Waals surface area contributed by atoms with Crippen molar-refractivity contribution < 1.29 is 0 Å². The number of rotatable bonds is 5. The first-order valence-electron chi connectivity index (χ1n) is 5.90. The molecule has 1 N–H and O–H groups in total. The minimum atomic E-state index is 0.0397. The average Bonchev–Trinajstić information content (AvgIpc) is 2.40. The fourth-order valence-corrected chi connectivity index (χ4v) is 2.09. The van der Waals surface area contributed by atoms with Crippen molar-refractivity contribution in [2.75, 3.05) is 11.9 Å². The summed E-state index contributed by atoms with van der Waals surface area (Å²) < 4.78 is 2.65. The lowest BCUT2D eigenvalue weighted by molar-refractivity contribution is 0.637. The molecular formula is C14H15BrN2O. The molecule has 0 unspecified atom stereocenters. The summed E-state index contributed by atoms with van der Waals surface area (Å²) in [6, 6.07) is 13.4. The number of nitrogens with one attached hydrogen (secondary N) is 1. The number of nitrogens with zero attached hydrogens (tertiary/aromatic N) is 1. The number of hydrogen-bond donors (Lipinski definition) is 1. The van der Waals surface area contributed by atoms with E-state index in [9.17, 15) is 4.79 Å². The van der Waals surface area contributed by atoms with Crippen molar-refractivity contribution in [2.24, 2.45) is 0 Å². The van der Waals surface area contributed by atoms with Crippen LogP contribution in [-0.2, 0) is 6.54 Å². The van der Waals surface area contributed by atoms with Gasteiger partial charge < -0.3 is 9.88 Å². The lowest BCUT2D eigenvalue weighted by atomic mass is 10.3. The molecule has 0 aliphatic heterocycles. The monoisotopic (exact) mass is 306 g/mol. The van der Waals surface area contributed by atoms with E-state index in [1.165, 1.54) is 0 Å². The molecule has 18 heavy (non-hydrogen) atoms. The van der Waals surface area contributed by atoms with Crippen molar-refractivity contribution in [3.8, 4) is 0 Å². The molecule has 4 heteroatoms. The third kappa shape index (κ3) is 3.74. The van der Waals surface area contributed by atoms with Gasteiger partial charge in [-0.2, -0.15) is 0 Å². The Morgan fingerprint density at radius 3 is 2.67 bits per heavy atom. The Morgan fingerprint density at radius 1 is 1.11 bits per heavy atom. The molecule has 0 saturated heterocycles. The summed E-state index contributed by atoms with van der Waals surface area (Å²) in [6.07, 6.45) is 2.73. The third-order valence-corrected chi connectivity index (χ3v) is 3.10. The van der Waals surface area contributed by atoms with Gasteiger partial charge in [0.15, 0.2) is 0 Å². The van der Waals surface area contributed by atoms with E-state index in [0.717, 1.165) is 29.7 Å². The van der Waals surface area contributed by atoms with Gasteiger partial charge >= 0.3 is 0 Å². The summed E-state index contributed by atoms with van der Waals surface area (Å²) in [4.78, 5) is 11.6. The van der Waals surface area contributed by atoms with E-state index >= 15 is 0 Å². The molecule has 0 bridgehead atoms. The van der Waals surface area contributed by atoms with Gasteiger partial charge in [-0.1, -0.05) is 18.2 Å². The van der Waals surface area contributed by atoms with Crippen molar-refractivity contribution in [3.05, 3.63) is 63.5 Å². The van der Waals surface area contributed by atoms with Gasteiger partial charge in [-0.05, 0) is 40.5 Å². The van der Waals surface area contributed by atoms with E-state index in [0.29, 0.717) is 0 Å². The Bertz CT molecular complexity index is 551. The standard InChI is InChI=1S/C14H15BrN2O/c15-12-7-8-14(18)17(11-12)10-4-9-16-13-5-2-1-3-6-13/h1-3,5-8,11,16H,4,9-10H2. The van der Waals surface area contributed by atoms with E-state index in [-0.39, 0.29) is 5.56 Å². The van der Waals surface area contributed by atoms with Crippen molar-refractivity contribution in [2.45, 2.75) is 13.0 Å². The van der Waals surface area contributed by atoms with Crippen molar-refractivity contribution >= 4 is 21.6 Å². The van der Waals surface area contributed by atoms with Crippen LogP contribution in [0.25, 0.3) is 0 Å². The number of aryl methyl sites for hydroxylation is 1. The Labute approximate surface area is 115 Å². The van der Waals surface area contributed by atoms with Crippen LogP contribution in [0, 0.1) is 0 Å². The second kappa shape index (κ2) is 6.40. The summed E-state index contributed by atoms with van der Waals surface area (Å²) in [5.74, 6) is 0. The molecule has 1 aromatic heterocycles. The zero-order valence-electron chi connectivity index (χ0n) is 9.97. The van der Waals surface area contributed by atoms with E-state index in [4.69, 9.17) is 0 Å². The van der Waals surface area contributed by atoms with Gasteiger partial charge in [-0.25, -0.2) is 0 Å². The maximum atomic E-state index is 11.6. The van der Waals surface area contributed by atoms with Gasteiger partial charge in [-0.15, -0.1) is 0 Å². The highest BCUT2D eigenvalue weighted by Gasteiger charge is 1.97. The highest BCUT2D eigenvalue weighted by atomic mass is 79.9. The van der Waals surface area contributed by atoms with E-state index in [2.05, 4.69) is 21.2 Å². The predicted molar refractivity (Wildman–Crippen MR) is 78.0 cm³/mol. The lowest BCUT2D eigenvalue weighted by Crippen LogP contribution is -2.19. The van der Waals surface area contributed by atoms with Crippen LogP contribution in [-0.4, -0.2) is 11.1 Å². The first-order valence-corrected chi connectivity index (χ1v) is 6.70. The van der Waals surface area contributed by atoms with Crippen molar-refractivity contribution in [1.29, 1.82) is 0 Å². The fraction of sp³-hybridized carbons (Fsp3) is 0.214. The Morgan fingerprint density at radius 2 is 1.89 bits per heavy atom. The van der Waals surface area contributed by atoms with Crippen molar-refractivity contribution in [3.63, 3.8) is 0 Å². The first-order chi connectivity index (χ1) is 8.75. The van der Waals surface area contributed by atoms with E-state index < -0.39 is 0 Å². The summed E-state index contributed by atoms with van der Waals surface area (Å²) in [7, 11) is 0. The Balaban J connectivity index is 1.82. The van der Waals surface area contributed by atoms with Gasteiger partial charge in [0.05, 0.1) is 0 Å². The smallest absolute Gasteiger partial charge is 0.250 e. The van der Waals surface area contributed by atoms with E-state index in [1.54, 1.807) is 16.7 Å². The second-order valence-corrected chi connectivity index (χ2v) is 4.94. The molecule has 2 rings (SSSR count). The number of pyridine rings is 1. The molecule has 0 amide bonds. The molecule has 3 nitrogen and oxygen atoms in total. The number of para-hydroxylation sites is 1. The number of aromatic nitrogens is 1. The number of benzene rings is 1. The van der Waals surface area contributed by atoms with Gasteiger partial charge in [0.1, 0.15) is 0 Å². The molecule has 1 aromatic carbocycles. The Kier molecular flexibility index (Phi) is 4.59. The average molecular weight is 307 g/mol. The third-order valence-electron chi connectivity index (χ3n) is 2.63. The molecule has 2 aromatic rings. The molecule has 0 fully saturated rings. The van der Waals surface area contributed by atoms with Crippen LogP contribution in [0.4, 0.5) is 5.69 Å². The molecule has 0 atom stereocenters. The van der Waals surface area contributed by atoms with Crippen LogP contribution in [0.3, 0.4) is 0 Å². The number of anilines is 1. The molecule has 1 heterocycles. The quantitative estimate of drug-likeness (QED) is 0.861. The fourth-order valence-electron chi connectivity index (χ4n) is 1.72. The molecule has 0 spiro atoms. The first kappa shape index (κ1) is 12.9. The minimum absolute atomic E-state index is 0.0397. The van der Waals surface area contributed by atoms with Crippen LogP contribution >= 0.6 is 15.9 Å². The van der Waals surface area contributed by atoms with Crippen LogP contribution in [0.2, 0.25) is 0 Å². The molecule has 0 radical (unpaired) electrons. The molecule has 0 aliphatic carbocycles. The topological polar surface area (TPSA) is 34.0 Å². The number of halogens is 1. The molecule has 0 aliphatic rings. The highest BCUT2D eigenvalue weighted by Crippen LogP contribution is 2.06. The van der Waals surface area contributed by atoms with Gasteiger partial charge in [0.2, 0.25) is 0 Å². The predicted octanol–water partition coefficient (Wildman–Crippen LogP) is 3.11. The van der Waals surface area contributed by atoms with Crippen LogP contribution in [0.15, 0.2) is 57.9 Å². The normalized spacial score (nSPS) is 10.3. The molecular weight excluding hydrogens is 292 g/mol. The summed E-state index contributed by atoms with van der Waals surface area (Å²) in [6.45, 7) is 1.57. The van der Waals surface area contributed by atoms with Crippen molar-refractivity contribution in [1.82, 2.24) is 4.57 Å². The van der Waals surface area contributed by atoms with Crippen LogP contribution < -0.4 is 10.9 Å². The van der Waals surface area contributed by atoms with Gasteiger partial charge in [0.25, 0.3) is 5.56 Å². The largest absolute Gasteiger partial charge is 0.385 e. The summed E-state index contributed by atoms with van der Waals surface area (Å²) >= 11 is 3.37. The maximum Gasteiger partial charge on any atom is 0.250 e. The molecule has 94 valence electrons. The van der Waals surface area contributed by atoms with Crippen LogP contribution in [0.1, 0.15) is 6.42 Å². The minimum Gasteiger partial charge on any atom is -0.385 e. The zero-order chi connectivity index (χ0) is 12.8. The van der Waals surface area contributed by atoms with Gasteiger partial charge in [-0.3, -0.25) is 4.79 Å².